The van der Waals surface area contributed by atoms with Crippen molar-refractivity contribution < 1.29 is 9.18 Å². The number of nitrogens with one attached hydrogen (secondary N) is 1. The van der Waals surface area contributed by atoms with Crippen LogP contribution < -0.4 is 11.1 Å². The van der Waals surface area contributed by atoms with Crippen molar-refractivity contribution >= 4 is 5.91 Å². The summed E-state index contributed by atoms with van der Waals surface area (Å²) in [6.07, 6.45) is 2.01. The second kappa shape index (κ2) is 7.11. The fourth-order valence-electron chi connectivity index (χ4n) is 1.97. The minimum atomic E-state index is -0.347. The van der Waals surface area contributed by atoms with Crippen molar-refractivity contribution in [2.75, 3.05) is 6.54 Å². The van der Waals surface area contributed by atoms with Gasteiger partial charge in [-0.1, -0.05) is 26.7 Å². The molecular weight excluding hydrogens is 231 g/mol. The van der Waals surface area contributed by atoms with E-state index in [1.165, 1.54) is 24.3 Å². The van der Waals surface area contributed by atoms with Gasteiger partial charge in [0.15, 0.2) is 0 Å². The van der Waals surface area contributed by atoms with Crippen LogP contribution in [0, 0.1) is 11.7 Å². The van der Waals surface area contributed by atoms with Gasteiger partial charge in [-0.2, -0.15) is 0 Å². The minimum absolute atomic E-state index is 0.0376. The molecular formula is C14H21FN2O. The first kappa shape index (κ1) is 14.6. The molecule has 1 amide bonds. The topological polar surface area (TPSA) is 55.1 Å². The van der Waals surface area contributed by atoms with Crippen molar-refractivity contribution in [2.24, 2.45) is 11.7 Å². The van der Waals surface area contributed by atoms with Crippen molar-refractivity contribution in [3.05, 3.63) is 35.6 Å². The molecule has 0 fully saturated rings. The van der Waals surface area contributed by atoms with Crippen molar-refractivity contribution in [3.63, 3.8) is 0 Å². The molecule has 3 N–H and O–H groups in total. The number of benzene rings is 1. The lowest BCUT2D eigenvalue weighted by Crippen LogP contribution is -2.41. The highest BCUT2D eigenvalue weighted by Crippen LogP contribution is 2.10. The molecule has 0 aliphatic rings. The molecule has 0 aliphatic heterocycles. The molecule has 100 valence electrons. The number of nitrogens with two attached hydrogens (primary N) is 1. The van der Waals surface area contributed by atoms with Gasteiger partial charge < -0.3 is 11.1 Å². The maximum atomic E-state index is 12.7. The molecule has 0 radical (unpaired) electrons. The lowest BCUT2D eigenvalue weighted by Gasteiger charge is -2.21. The summed E-state index contributed by atoms with van der Waals surface area (Å²) in [6, 6.07) is 5.44. The Kier molecular flexibility index (Phi) is 5.78. The molecule has 1 aromatic carbocycles. The van der Waals surface area contributed by atoms with E-state index in [2.05, 4.69) is 19.2 Å². The van der Waals surface area contributed by atoms with Crippen LogP contribution >= 0.6 is 0 Å². The Morgan fingerprint density at radius 2 is 1.83 bits per heavy atom. The SMILES string of the molecule is CCC(CC)C(N)CNC(=O)c1ccc(F)cc1. The molecule has 1 atom stereocenters. The van der Waals surface area contributed by atoms with Crippen LogP contribution in [0.4, 0.5) is 4.39 Å². The summed E-state index contributed by atoms with van der Waals surface area (Å²) in [5.74, 6) is -0.143. The fraction of sp³-hybridized carbons (Fsp3) is 0.500. The van der Waals surface area contributed by atoms with Crippen LogP contribution in [-0.2, 0) is 0 Å². The lowest BCUT2D eigenvalue weighted by atomic mass is 9.95. The van der Waals surface area contributed by atoms with E-state index < -0.39 is 0 Å². The van der Waals surface area contributed by atoms with Gasteiger partial charge in [0.25, 0.3) is 5.91 Å². The van der Waals surface area contributed by atoms with Gasteiger partial charge in [0.2, 0.25) is 0 Å². The third-order valence-corrected chi connectivity index (χ3v) is 3.26. The maximum absolute atomic E-state index is 12.7. The van der Waals surface area contributed by atoms with E-state index in [0.29, 0.717) is 18.0 Å². The Labute approximate surface area is 108 Å². The predicted octanol–water partition coefficient (Wildman–Crippen LogP) is 2.32. The van der Waals surface area contributed by atoms with Crippen molar-refractivity contribution in [1.82, 2.24) is 5.32 Å². The van der Waals surface area contributed by atoms with Gasteiger partial charge >= 0.3 is 0 Å². The average Bonchev–Trinajstić information content (AvgIpc) is 2.38. The molecule has 0 aromatic heterocycles. The standard InChI is InChI=1S/C14H21FN2O/c1-3-10(4-2)13(16)9-17-14(18)11-5-7-12(15)8-6-11/h5-8,10,13H,3-4,9,16H2,1-2H3,(H,17,18). The second-order valence-electron chi connectivity index (χ2n) is 4.46. The summed E-state index contributed by atoms with van der Waals surface area (Å²) in [5, 5.41) is 2.78. The normalized spacial score (nSPS) is 12.5. The summed E-state index contributed by atoms with van der Waals surface area (Å²) < 4.78 is 12.7. The van der Waals surface area contributed by atoms with Crippen LogP contribution in [0.15, 0.2) is 24.3 Å². The average molecular weight is 252 g/mol. The Morgan fingerprint density at radius 1 is 1.28 bits per heavy atom. The zero-order valence-electron chi connectivity index (χ0n) is 10.9. The molecule has 1 unspecified atom stereocenters. The molecule has 0 saturated carbocycles. The molecule has 1 rings (SSSR count). The van der Waals surface area contributed by atoms with E-state index >= 15 is 0 Å². The van der Waals surface area contributed by atoms with E-state index in [9.17, 15) is 9.18 Å². The van der Waals surface area contributed by atoms with E-state index in [0.717, 1.165) is 12.8 Å². The number of hydrogen-bond donors (Lipinski definition) is 2. The van der Waals surface area contributed by atoms with Crippen molar-refractivity contribution in [2.45, 2.75) is 32.7 Å². The van der Waals surface area contributed by atoms with Crippen LogP contribution in [0.1, 0.15) is 37.0 Å². The molecule has 1 aromatic rings. The Hall–Kier alpha value is -1.42. The second-order valence-corrected chi connectivity index (χ2v) is 4.46. The van der Waals surface area contributed by atoms with Crippen LogP contribution in [0.3, 0.4) is 0 Å². The molecule has 0 bridgehead atoms. The van der Waals surface area contributed by atoms with E-state index in [-0.39, 0.29) is 17.8 Å². The largest absolute Gasteiger partial charge is 0.350 e. The number of rotatable bonds is 6. The maximum Gasteiger partial charge on any atom is 0.251 e. The smallest absolute Gasteiger partial charge is 0.251 e. The number of carbonyl (C=O) groups excluding carboxylic acids is 1. The monoisotopic (exact) mass is 252 g/mol. The summed E-state index contributed by atoms with van der Waals surface area (Å²) in [6.45, 7) is 4.63. The molecule has 0 heterocycles. The fourth-order valence-corrected chi connectivity index (χ4v) is 1.97. The van der Waals surface area contributed by atoms with Gasteiger partial charge in [-0.3, -0.25) is 4.79 Å². The molecule has 3 nitrogen and oxygen atoms in total. The molecule has 0 aliphatic carbocycles. The van der Waals surface area contributed by atoms with E-state index in [4.69, 9.17) is 5.73 Å². The van der Waals surface area contributed by atoms with E-state index in [1.807, 2.05) is 0 Å². The first-order valence-electron chi connectivity index (χ1n) is 6.37. The molecule has 4 heteroatoms. The molecule has 0 saturated heterocycles. The van der Waals surface area contributed by atoms with Gasteiger partial charge in [0, 0.05) is 18.2 Å². The zero-order valence-corrected chi connectivity index (χ0v) is 10.9. The first-order valence-corrected chi connectivity index (χ1v) is 6.37. The summed E-state index contributed by atoms with van der Waals surface area (Å²) in [7, 11) is 0. The van der Waals surface area contributed by atoms with E-state index in [1.54, 1.807) is 0 Å². The molecule has 0 spiro atoms. The van der Waals surface area contributed by atoms with Gasteiger partial charge in [0.05, 0.1) is 0 Å². The van der Waals surface area contributed by atoms with Crippen LogP contribution in [0.2, 0.25) is 0 Å². The minimum Gasteiger partial charge on any atom is -0.350 e. The van der Waals surface area contributed by atoms with Gasteiger partial charge in [0.1, 0.15) is 5.82 Å². The third kappa shape index (κ3) is 4.11. The van der Waals surface area contributed by atoms with Crippen molar-refractivity contribution in [1.29, 1.82) is 0 Å². The Balaban J connectivity index is 2.48. The van der Waals surface area contributed by atoms with Crippen molar-refractivity contribution in [3.8, 4) is 0 Å². The van der Waals surface area contributed by atoms with Gasteiger partial charge in [-0.25, -0.2) is 4.39 Å². The predicted molar refractivity (Wildman–Crippen MR) is 70.8 cm³/mol. The summed E-state index contributed by atoms with van der Waals surface area (Å²) >= 11 is 0. The highest BCUT2D eigenvalue weighted by Gasteiger charge is 2.15. The number of carbonyl (C=O) groups is 1. The van der Waals surface area contributed by atoms with Gasteiger partial charge in [-0.05, 0) is 30.2 Å². The van der Waals surface area contributed by atoms with Crippen LogP contribution in [0.5, 0.6) is 0 Å². The van der Waals surface area contributed by atoms with Gasteiger partial charge in [-0.15, -0.1) is 0 Å². The number of halogens is 1. The highest BCUT2D eigenvalue weighted by molar-refractivity contribution is 5.94. The number of amides is 1. The zero-order chi connectivity index (χ0) is 13.5. The summed E-state index contributed by atoms with van der Waals surface area (Å²) in [4.78, 5) is 11.8. The molecule has 18 heavy (non-hydrogen) atoms. The highest BCUT2D eigenvalue weighted by atomic mass is 19.1. The quantitative estimate of drug-likeness (QED) is 0.816. The van der Waals surface area contributed by atoms with Crippen LogP contribution in [-0.4, -0.2) is 18.5 Å². The number of hydrogen-bond acceptors (Lipinski definition) is 2. The van der Waals surface area contributed by atoms with Crippen LogP contribution in [0.25, 0.3) is 0 Å². The summed E-state index contributed by atoms with van der Waals surface area (Å²) in [5.41, 5.74) is 6.47. The lowest BCUT2D eigenvalue weighted by molar-refractivity contribution is 0.0948. The third-order valence-electron chi connectivity index (χ3n) is 3.26. The first-order chi connectivity index (χ1) is 8.58. The Bertz CT molecular complexity index is 374. The Morgan fingerprint density at radius 3 is 2.33 bits per heavy atom.